The SMILES string of the molecule is Cc1ccc(S(=O)(=O)NC(C)Cc2nnn(C3CCCc4cc(CNC(C)(C)C)ccc43)c2I)cc1. The molecule has 0 saturated carbocycles. The minimum Gasteiger partial charge on any atom is -0.308 e. The van der Waals surface area contributed by atoms with Crippen LogP contribution in [-0.4, -0.2) is 35.0 Å². The number of fused-ring (bicyclic) bond motifs is 1. The highest BCUT2D eigenvalue weighted by Gasteiger charge is 2.27. The molecule has 1 aliphatic rings. The molecule has 1 aliphatic carbocycles. The van der Waals surface area contributed by atoms with Gasteiger partial charge in [0.15, 0.2) is 0 Å². The van der Waals surface area contributed by atoms with E-state index in [2.05, 4.69) is 81.9 Å². The Balaban J connectivity index is 1.48. The van der Waals surface area contributed by atoms with Crippen LogP contribution in [0.3, 0.4) is 0 Å². The zero-order valence-electron chi connectivity index (χ0n) is 21.7. The summed E-state index contributed by atoms with van der Waals surface area (Å²) >= 11 is 2.30. The molecule has 0 spiro atoms. The summed E-state index contributed by atoms with van der Waals surface area (Å²) < 4.78 is 31.3. The van der Waals surface area contributed by atoms with Gasteiger partial charge < -0.3 is 5.32 Å². The first-order valence-electron chi connectivity index (χ1n) is 12.5. The quantitative estimate of drug-likeness (QED) is 0.349. The fourth-order valence-corrected chi connectivity index (χ4v) is 6.60. The normalized spacial score (nSPS) is 17.1. The van der Waals surface area contributed by atoms with E-state index in [0.29, 0.717) is 6.42 Å². The van der Waals surface area contributed by atoms with Gasteiger partial charge in [-0.25, -0.2) is 17.8 Å². The van der Waals surface area contributed by atoms with Crippen molar-refractivity contribution >= 4 is 32.6 Å². The zero-order valence-corrected chi connectivity index (χ0v) is 24.7. The molecule has 194 valence electrons. The summed E-state index contributed by atoms with van der Waals surface area (Å²) in [6.07, 6.45) is 3.67. The molecule has 0 bridgehead atoms. The lowest BCUT2D eigenvalue weighted by Gasteiger charge is -2.27. The molecule has 7 nitrogen and oxygen atoms in total. The van der Waals surface area contributed by atoms with Crippen molar-refractivity contribution in [3.63, 3.8) is 0 Å². The van der Waals surface area contributed by atoms with Gasteiger partial charge in [0.05, 0.1) is 16.6 Å². The van der Waals surface area contributed by atoms with Gasteiger partial charge in [-0.05, 0) is 105 Å². The number of hydrogen-bond acceptors (Lipinski definition) is 5. The number of nitrogens with zero attached hydrogens (tertiary/aromatic N) is 3. The number of rotatable bonds is 8. The monoisotopic (exact) mass is 621 g/mol. The van der Waals surface area contributed by atoms with Crippen LogP contribution in [0.15, 0.2) is 47.4 Å². The molecule has 1 aromatic heterocycles. The summed E-state index contributed by atoms with van der Waals surface area (Å²) in [5.41, 5.74) is 5.91. The predicted octanol–water partition coefficient (Wildman–Crippen LogP) is 4.91. The Morgan fingerprint density at radius 2 is 1.89 bits per heavy atom. The summed E-state index contributed by atoms with van der Waals surface area (Å²) in [5.74, 6) is 0. The topological polar surface area (TPSA) is 88.9 Å². The molecule has 36 heavy (non-hydrogen) atoms. The summed E-state index contributed by atoms with van der Waals surface area (Å²) in [5, 5.41) is 12.5. The third-order valence-electron chi connectivity index (χ3n) is 6.50. The van der Waals surface area contributed by atoms with Crippen molar-refractivity contribution in [1.29, 1.82) is 0 Å². The lowest BCUT2D eigenvalue weighted by atomic mass is 9.86. The standard InChI is InChI=1S/C27H36IN5O2S/c1-18-9-12-22(13-10-18)36(34,35)31-19(2)15-24-26(28)33(32-30-24)25-8-6-7-21-16-20(11-14-23(21)25)17-29-27(3,4)5/h9-14,16,19,25,29,31H,6-8,15,17H2,1-5H3. The summed E-state index contributed by atoms with van der Waals surface area (Å²) in [6, 6.07) is 13.5. The van der Waals surface area contributed by atoms with E-state index in [1.54, 1.807) is 24.3 Å². The van der Waals surface area contributed by atoms with E-state index < -0.39 is 10.0 Å². The second kappa shape index (κ2) is 10.9. The Hall–Kier alpha value is -1.82. The van der Waals surface area contributed by atoms with Crippen LogP contribution in [0, 0.1) is 10.6 Å². The molecular formula is C27H36IN5O2S. The van der Waals surface area contributed by atoms with Crippen LogP contribution in [0.4, 0.5) is 0 Å². The highest BCUT2D eigenvalue weighted by molar-refractivity contribution is 14.1. The maximum absolute atomic E-state index is 12.8. The van der Waals surface area contributed by atoms with E-state index in [9.17, 15) is 8.42 Å². The average Bonchev–Trinajstić information content (AvgIpc) is 3.16. The number of hydrogen-bond donors (Lipinski definition) is 2. The summed E-state index contributed by atoms with van der Waals surface area (Å²) in [4.78, 5) is 0.272. The Morgan fingerprint density at radius 3 is 2.58 bits per heavy atom. The van der Waals surface area contributed by atoms with Gasteiger partial charge in [-0.2, -0.15) is 0 Å². The molecular weight excluding hydrogens is 585 g/mol. The first kappa shape index (κ1) is 27.2. The van der Waals surface area contributed by atoms with E-state index in [-0.39, 0.29) is 22.5 Å². The van der Waals surface area contributed by atoms with Gasteiger partial charge in [0.25, 0.3) is 0 Å². The maximum Gasteiger partial charge on any atom is 0.240 e. The van der Waals surface area contributed by atoms with Crippen molar-refractivity contribution in [1.82, 2.24) is 25.0 Å². The van der Waals surface area contributed by atoms with E-state index in [1.807, 2.05) is 18.5 Å². The molecule has 1 heterocycles. The van der Waals surface area contributed by atoms with Crippen LogP contribution >= 0.6 is 22.6 Å². The highest BCUT2D eigenvalue weighted by atomic mass is 127. The van der Waals surface area contributed by atoms with E-state index in [0.717, 1.165) is 40.8 Å². The van der Waals surface area contributed by atoms with E-state index >= 15 is 0 Å². The minimum atomic E-state index is -3.59. The molecule has 0 aliphatic heterocycles. The first-order chi connectivity index (χ1) is 16.9. The zero-order chi connectivity index (χ0) is 26.1. The van der Waals surface area contributed by atoms with E-state index in [1.165, 1.54) is 16.7 Å². The van der Waals surface area contributed by atoms with Crippen molar-refractivity contribution in [2.45, 2.75) is 89.4 Å². The Kier molecular flexibility index (Phi) is 8.23. The van der Waals surface area contributed by atoms with Crippen molar-refractivity contribution < 1.29 is 8.42 Å². The molecule has 4 rings (SSSR count). The first-order valence-corrected chi connectivity index (χ1v) is 15.0. The molecule has 3 aromatic rings. The molecule has 2 aromatic carbocycles. The predicted molar refractivity (Wildman–Crippen MR) is 152 cm³/mol. The van der Waals surface area contributed by atoms with Crippen LogP contribution in [0.25, 0.3) is 0 Å². The van der Waals surface area contributed by atoms with E-state index in [4.69, 9.17) is 0 Å². The fraction of sp³-hybridized carbons (Fsp3) is 0.481. The number of aryl methyl sites for hydroxylation is 2. The van der Waals surface area contributed by atoms with Gasteiger partial charge in [-0.1, -0.05) is 41.1 Å². The molecule has 0 radical (unpaired) electrons. The number of nitrogens with one attached hydrogen (secondary N) is 2. The third kappa shape index (κ3) is 6.54. The van der Waals surface area contributed by atoms with Crippen LogP contribution in [-0.2, 0) is 29.4 Å². The van der Waals surface area contributed by atoms with Crippen molar-refractivity contribution in [2.24, 2.45) is 0 Å². The molecule has 2 atom stereocenters. The van der Waals surface area contributed by atoms with Crippen molar-refractivity contribution in [3.05, 3.63) is 74.1 Å². The smallest absolute Gasteiger partial charge is 0.240 e. The maximum atomic E-state index is 12.8. The van der Waals surface area contributed by atoms with Gasteiger partial charge in [0.2, 0.25) is 10.0 Å². The van der Waals surface area contributed by atoms with Crippen LogP contribution in [0.1, 0.15) is 74.5 Å². The number of halogens is 1. The third-order valence-corrected chi connectivity index (χ3v) is 9.22. The molecule has 0 saturated heterocycles. The van der Waals surface area contributed by atoms with Gasteiger partial charge in [0, 0.05) is 24.5 Å². The number of sulfonamides is 1. The average molecular weight is 622 g/mol. The minimum absolute atomic E-state index is 0.0805. The van der Waals surface area contributed by atoms with Crippen LogP contribution < -0.4 is 10.0 Å². The van der Waals surface area contributed by atoms with Crippen LogP contribution in [0.5, 0.6) is 0 Å². The number of aromatic nitrogens is 3. The second-order valence-electron chi connectivity index (χ2n) is 10.9. The second-order valence-corrected chi connectivity index (χ2v) is 13.6. The van der Waals surface area contributed by atoms with Gasteiger partial charge >= 0.3 is 0 Å². The highest BCUT2D eigenvalue weighted by Crippen LogP contribution is 2.34. The fourth-order valence-electron chi connectivity index (χ4n) is 4.59. The molecule has 9 heteroatoms. The van der Waals surface area contributed by atoms with Crippen LogP contribution in [0.2, 0.25) is 0 Å². The molecule has 2 N–H and O–H groups in total. The largest absolute Gasteiger partial charge is 0.308 e. The summed E-state index contributed by atoms with van der Waals surface area (Å²) in [7, 11) is -3.59. The Morgan fingerprint density at radius 1 is 1.17 bits per heavy atom. The van der Waals surface area contributed by atoms with Gasteiger partial charge in [0.1, 0.15) is 3.70 Å². The van der Waals surface area contributed by atoms with Gasteiger partial charge in [-0.3, -0.25) is 0 Å². The molecule has 0 amide bonds. The Labute approximate surface area is 228 Å². The van der Waals surface area contributed by atoms with Crippen molar-refractivity contribution in [2.75, 3.05) is 0 Å². The summed E-state index contributed by atoms with van der Waals surface area (Å²) in [6.45, 7) is 11.2. The number of benzene rings is 2. The molecule has 2 unspecified atom stereocenters. The van der Waals surface area contributed by atoms with Gasteiger partial charge in [-0.15, -0.1) is 5.10 Å². The Bertz CT molecular complexity index is 1310. The lowest BCUT2D eigenvalue weighted by molar-refractivity contribution is 0.421. The lowest BCUT2D eigenvalue weighted by Crippen LogP contribution is -2.35. The molecule has 0 fully saturated rings. The van der Waals surface area contributed by atoms with Crippen molar-refractivity contribution in [3.8, 4) is 0 Å².